The van der Waals surface area contributed by atoms with Crippen LogP contribution in [0, 0.1) is 18.8 Å². The van der Waals surface area contributed by atoms with Gasteiger partial charge in [-0.15, -0.1) is 0 Å². The summed E-state index contributed by atoms with van der Waals surface area (Å²) in [6, 6.07) is 15.1. The van der Waals surface area contributed by atoms with Gasteiger partial charge < -0.3 is 5.11 Å². The summed E-state index contributed by atoms with van der Waals surface area (Å²) in [7, 11) is -3.75. The first kappa shape index (κ1) is 18.2. The van der Waals surface area contributed by atoms with Gasteiger partial charge in [0.15, 0.2) is 0 Å². The van der Waals surface area contributed by atoms with Crippen molar-refractivity contribution in [3.8, 4) is 11.8 Å². The van der Waals surface area contributed by atoms with Crippen LogP contribution in [-0.2, 0) is 10.0 Å². The molecule has 2 aromatic carbocycles. The maximum absolute atomic E-state index is 12.6. The molecule has 3 rings (SSSR count). The zero-order chi connectivity index (χ0) is 18.6. The summed E-state index contributed by atoms with van der Waals surface area (Å²) in [6.45, 7) is 1.89. The Labute approximate surface area is 157 Å². The Balaban J connectivity index is 1.88. The van der Waals surface area contributed by atoms with Gasteiger partial charge in [-0.25, -0.2) is 8.42 Å². The molecule has 0 spiro atoms. The average molecular weight is 383 g/mol. The third kappa shape index (κ3) is 4.33. The smallest absolute Gasteiger partial charge is 0.261 e. The lowest BCUT2D eigenvalue weighted by molar-refractivity contribution is 0.239. The maximum atomic E-state index is 12.6. The predicted molar refractivity (Wildman–Crippen MR) is 105 cm³/mol. The zero-order valence-corrected chi connectivity index (χ0v) is 15.6. The molecule has 6 heteroatoms. The first-order valence-corrected chi connectivity index (χ1v) is 10.3. The van der Waals surface area contributed by atoms with Crippen molar-refractivity contribution < 1.29 is 13.5 Å². The molecule has 1 unspecified atom stereocenters. The van der Waals surface area contributed by atoms with E-state index in [2.05, 4.69) is 16.6 Å². The number of nitrogens with one attached hydrogen (secondary N) is 1. The molecule has 0 fully saturated rings. The van der Waals surface area contributed by atoms with Crippen molar-refractivity contribution >= 4 is 27.0 Å². The van der Waals surface area contributed by atoms with E-state index in [4.69, 9.17) is 0 Å². The number of sulfonamides is 1. The second kappa shape index (κ2) is 7.75. The van der Waals surface area contributed by atoms with Crippen LogP contribution in [0.1, 0.15) is 22.8 Å². The van der Waals surface area contributed by atoms with Crippen LogP contribution in [0.15, 0.2) is 70.3 Å². The van der Waals surface area contributed by atoms with Gasteiger partial charge in [-0.3, -0.25) is 4.72 Å². The van der Waals surface area contributed by atoms with Crippen LogP contribution in [0.4, 0.5) is 5.69 Å². The van der Waals surface area contributed by atoms with Crippen LogP contribution in [0.3, 0.4) is 0 Å². The van der Waals surface area contributed by atoms with Crippen molar-refractivity contribution in [3.05, 3.63) is 82.0 Å². The molecule has 0 saturated heterocycles. The highest BCUT2D eigenvalue weighted by Crippen LogP contribution is 2.25. The molecule has 0 aliphatic carbocycles. The number of rotatable bonds is 4. The molecular weight excluding hydrogens is 366 g/mol. The fourth-order valence-corrected chi connectivity index (χ4v) is 3.99. The number of hydrogen-bond acceptors (Lipinski definition) is 4. The van der Waals surface area contributed by atoms with E-state index in [-0.39, 0.29) is 4.90 Å². The van der Waals surface area contributed by atoms with E-state index in [0.717, 1.165) is 11.1 Å². The van der Waals surface area contributed by atoms with Crippen molar-refractivity contribution in [2.45, 2.75) is 17.9 Å². The Morgan fingerprint density at radius 1 is 1.08 bits per heavy atom. The highest BCUT2D eigenvalue weighted by molar-refractivity contribution is 7.92. The quantitative estimate of drug-likeness (QED) is 0.671. The number of aliphatic hydroxyl groups is 1. The minimum Gasteiger partial charge on any atom is -0.376 e. The monoisotopic (exact) mass is 383 g/mol. The van der Waals surface area contributed by atoms with Gasteiger partial charge in [0.25, 0.3) is 10.0 Å². The van der Waals surface area contributed by atoms with Gasteiger partial charge in [0.1, 0.15) is 6.10 Å². The summed E-state index contributed by atoms with van der Waals surface area (Å²) in [4.78, 5) is 0.164. The van der Waals surface area contributed by atoms with Crippen LogP contribution in [0.5, 0.6) is 0 Å². The molecule has 0 aliphatic heterocycles. The number of anilines is 1. The molecule has 4 nitrogen and oxygen atoms in total. The van der Waals surface area contributed by atoms with Crippen molar-refractivity contribution in [2.75, 3.05) is 4.72 Å². The minimum absolute atomic E-state index is 0.164. The van der Waals surface area contributed by atoms with Crippen LogP contribution in [-0.4, -0.2) is 13.5 Å². The number of aryl methyl sites for hydroxylation is 1. The third-order valence-corrected chi connectivity index (χ3v) is 5.77. The molecule has 3 aromatic rings. The minimum atomic E-state index is -3.75. The summed E-state index contributed by atoms with van der Waals surface area (Å²) >= 11 is 1.52. The van der Waals surface area contributed by atoms with Crippen LogP contribution in [0.25, 0.3) is 0 Å². The van der Waals surface area contributed by atoms with Gasteiger partial charge in [-0.05, 0) is 36.6 Å². The highest BCUT2D eigenvalue weighted by Gasteiger charge is 2.17. The van der Waals surface area contributed by atoms with E-state index in [9.17, 15) is 13.5 Å². The molecule has 0 amide bonds. The van der Waals surface area contributed by atoms with Gasteiger partial charge >= 0.3 is 0 Å². The number of hydrogen-bond donors (Lipinski definition) is 2. The standard InChI is InChI=1S/C20H17NO3S2/c1-15-6-9-17(10-7-15)26(23,24)21-19-5-3-2-4-18(19)20(22)11-8-16-12-13-25-14-16/h2-7,9-10,12-14,20-22H,1H3. The van der Waals surface area contributed by atoms with Crippen LogP contribution < -0.4 is 4.72 Å². The molecule has 0 aliphatic rings. The van der Waals surface area contributed by atoms with E-state index >= 15 is 0 Å². The first-order valence-electron chi connectivity index (χ1n) is 7.86. The summed E-state index contributed by atoms with van der Waals surface area (Å²) < 4.78 is 27.8. The van der Waals surface area contributed by atoms with E-state index in [0.29, 0.717) is 11.3 Å². The Bertz CT molecular complexity index is 1040. The second-order valence-corrected chi connectivity index (χ2v) is 8.15. The lowest BCUT2D eigenvalue weighted by Crippen LogP contribution is -2.15. The third-order valence-electron chi connectivity index (χ3n) is 3.71. The Hall–Kier alpha value is -2.59. The van der Waals surface area contributed by atoms with Crippen LogP contribution >= 0.6 is 11.3 Å². The van der Waals surface area contributed by atoms with Gasteiger partial charge in [0.2, 0.25) is 0 Å². The van der Waals surface area contributed by atoms with Crippen molar-refractivity contribution in [1.29, 1.82) is 0 Å². The molecule has 0 radical (unpaired) electrons. The number of benzene rings is 2. The fourth-order valence-electron chi connectivity index (χ4n) is 2.31. The van der Waals surface area contributed by atoms with Gasteiger partial charge in [-0.2, -0.15) is 11.3 Å². The lowest BCUT2D eigenvalue weighted by Gasteiger charge is -2.14. The van der Waals surface area contributed by atoms with Crippen molar-refractivity contribution in [2.24, 2.45) is 0 Å². The van der Waals surface area contributed by atoms with E-state index in [1.807, 2.05) is 23.8 Å². The first-order chi connectivity index (χ1) is 12.5. The maximum Gasteiger partial charge on any atom is 0.261 e. The van der Waals surface area contributed by atoms with E-state index < -0.39 is 16.1 Å². The molecule has 0 saturated carbocycles. The molecule has 1 aromatic heterocycles. The lowest BCUT2D eigenvalue weighted by atomic mass is 10.1. The summed E-state index contributed by atoms with van der Waals surface area (Å²) in [5, 5.41) is 14.2. The molecule has 132 valence electrons. The largest absolute Gasteiger partial charge is 0.376 e. The average Bonchev–Trinajstić information content (AvgIpc) is 3.14. The molecule has 2 N–H and O–H groups in total. The van der Waals surface area contributed by atoms with Crippen molar-refractivity contribution in [3.63, 3.8) is 0 Å². The number of para-hydroxylation sites is 1. The Morgan fingerprint density at radius 2 is 1.81 bits per heavy atom. The Kier molecular flexibility index (Phi) is 5.43. The molecule has 1 atom stereocenters. The summed E-state index contributed by atoms with van der Waals surface area (Å²) in [5.41, 5.74) is 2.50. The SMILES string of the molecule is Cc1ccc(S(=O)(=O)Nc2ccccc2C(O)C#Cc2ccsc2)cc1. The fraction of sp³-hybridized carbons (Fsp3) is 0.100. The van der Waals surface area contributed by atoms with Gasteiger partial charge in [0.05, 0.1) is 10.6 Å². The van der Waals surface area contributed by atoms with Gasteiger partial charge in [-0.1, -0.05) is 47.7 Å². The number of thiophene rings is 1. The zero-order valence-electron chi connectivity index (χ0n) is 14.0. The van der Waals surface area contributed by atoms with Crippen LogP contribution in [0.2, 0.25) is 0 Å². The number of aliphatic hydroxyl groups excluding tert-OH is 1. The van der Waals surface area contributed by atoms with E-state index in [1.165, 1.54) is 11.3 Å². The molecular formula is C20H17NO3S2. The normalized spacial score (nSPS) is 12.1. The second-order valence-electron chi connectivity index (χ2n) is 5.69. The Morgan fingerprint density at radius 3 is 2.50 bits per heavy atom. The predicted octanol–water partition coefficient (Wildman–Crippen LogP) is 3.94. The van der Waals surface area contributed by atoms with E-state index in [1.54, 1.807) is 48.5 Å². The molecule has 0 bridgehead atoms. The van der Waals surface area contributed by atoms with Crippen molar-refractivity contribution in [1.82, 2.24) is 0 Å². The summed E-state index contributed by atoms with van der Waals surface area (Å²) in [6.07, 6.45) is -1.10. The molecule has 26 heavy (non-hydrogen) atoms. The molecule has 1 heterocycles. The summed E-state index contributed by atoms with van der Waals surface area (Å²) in [5.74, 6) is 5.64. The van der Waals surface area contributed by atoms with Gasteiger partial charge in [0, 0.05) is 16.5 Å². The highest BCUT2D eigenvalue weighted by atomic mass is 32.2. The topological polar surface area (TPSA) is 66.4 Å².